The standard InChI is InChI=1S/C5H11O2PS.Na/c1-2-3-4-5-7-8(6)9;/h2-5H2,1H3;/q;+1. The topological polar surface area (TPSA) is 32.3 Å². The maximum Gasteiger partial charge on any atom is 1.00 e. The molecule has 0 fully saturated rings. The van der Waals surface area contributed by atoms with E-state index in [0.717, 1.165) is 19.3 Å². The van der Waals surface area contributed by atoms with Gasteiger partial charge in [-0.05, 0) is 6.42 Å². The van der Waals surface area contributed by atoms with Gasteiger partial charge in [0.15, 0.2) is 11.8 Å². The van der Waals surface area contributed by atoms with Crippen LogP contribution in [-0.4, -0.2) is 6.61 Å². The Balaban J connectivity index is 0. The molecule has 1 atom stereocenters. The van der Waals surface area contributed by atoms with Crippen molar-refractivity contribution in [3.05, 3.63) is 0 Å². The largest absolute Gasteiger partial charge is 1.00 e. The van der Waals surface area contributed by atoms with Crippen molar-refractivity contribution in [1.82, 2.24) is 0 Å². The maximum atomic E-state index is 10.1. The summed E-state index contributed by atoms with van der Waals surface area (Å²) in [6.07, 6.45) is 3.24. The van der Waals surface area contributed by atoms with E-state index >= 15 is 0 Å². The molecule has 5 heteroatoms. The molecule has 2 nitrogen and oxygen atoms in total. The smallest absolute Gasteiger partial charge is 0.592 e. The van der Waals surface area contributed by atoms with Crippen LogP contribution in [0, 0.1) is 0 Å². The van der Waals surface area contributed by atoms with Crippen LogP contribution in [0.4, 0.5) is 0 Å². The molecular formula is C5H11NaO2PS+. The normalized spacial score (nSPS) is 10.4. The summed E-state index contributed by atoms with van der Waals surface area (Å²) in [5.74, 6) is 0. The Labute approximate surface area is 90.2 Å². The van der Waals surface area contributed by atoms with Crippen LogP contribution >= 0.6 is 7.15 Å². The first-order valence-corrected chi connectivity index (χ1v) is 5.23. The zero-order valence-corrected chi connectivity index (χ0v) is 10.2. The molecule has 0 amide bonds. The van der Waals surface area contributed by atoms with Gasteiger partial charge < -0.3 is 4.89 Å². The molecule has 0 saturated carbocycles. The van der Waals surface area contributed by atoms with Gasteiger partial charge >= 0.3 is 36.7 Å². The van der Waals surface area contributed by atoms with Crippen LogP contribution in [0.25, 0.3) is 0 Å². The summed E-state index contributed by atoms with van der Waals surface area (Å²) in [5, 5.41) is 0. The van der Waals surface area contributed by atoms with Gasteiger partial charge in [-0.2, -0.15) is 4.52 Å². The third-order valence-electron chi connectivity index (χ3n) is 0.945. The van der Waals surface area contributed by atoms with E-state index < -0.39 is 7.15 Å². The SMILES string of the molecule is CCCCCO[P+]([O-])=S.[Na+]. The van der Waals surface area contributed by atoms with Crippen LogP contribution in [0.15, 0.2) is 0 Å². The van der Waals surface area contributed by atoms with E-state index in [1.807, 2.05) is 0 Å². The van der Waals surface area contributed by atoms with Gasteiger partial charge in [0.05, 0.1) is 0 Å². The molecule has 0 aromatic heterocycles. The van der Waals surface area contributed by atoms with Gasteiger partial charge in [0.25, 0.3) is 0 Å². The fraction of sp³-hybridized carbons (Fsp3) is 1.00. The molecule has 0 radical (unpaired) electrons. The van der Waals surface area contributed by atoms with E-state index in [9.17, 15) is 4.89 Å². The van der Waals surface area contributed by atoms with Crippen molar-refractivity contribution in [3.8, 4) is 0 Å². The molecular weight excluding hydrogens is 178 g/mol. The fourth-order valence-corrected chi connectivity index (χ4v) is 0.993. The molecule has 54 valence electrons. The Hall–Kier alpha value is 1.44. The van der Waals surface area contributed by atoms with E-state index in [1.54, 1.807) is 0 Å². The third-order valence-corrected chi connectivity index (χ3v) is 1.65. The van der Waals surface area contributed by atoms with E-state index in [-0.39, 0.29) is 29.6 Å². The minimum absolute atomic E-state index is 0. The molecule has 0 N–H and O–H groups in total. The Bertz CT molecular complexity index is 91.7. The first-order valence-electron chi connectivity index (χ1n) is 3.04. The van der Waals surface area contributed by atoms with Gasteiger partial charge in [0.2, 0.25) is 0 Å². The average molecular weight is 189 g/mol. The molecule has 0 aliphatic rings. The number of rotatable bonds is 5. The predicted octanol–water partition coefficient (Wildman–Crippen LogP) is -1.67. The Morgan fingerprint density at radius 1 is 1.50 bits per heavy atom. The molecule has 0 aliphatic carbocycles. The van der Waals surface area contributed by atoms with Crippen molar-refractivity contribution in [1.29, 1.82) is 0 Å². The van der Waals surface area contributed by atoms with Crippen molar-refractivity contribution in [2.24, 2.45) is 0 Å². The summed E-state index contributed by atoms with van der Waals surface area (Å²) in [5.41, 5.74) is 0. The summed E-state index contributed by atoms with van der Waals surface area (Å²) >= 11 is 4.32. The van der Waals surface area contributed by atoms with E-state index in [1.165, 1.54) is 0 Å². The van der Waals surface area contributed by atoms with Gasteiger partial charge in [0, 0.05) is 0 Å². The van der Waals surface area contributed by atoms with Gasteiger partial charge in [-0.1, -0.05) is 19.8 Å². The Morgan fingerprint density at radius 2 is 2.10 bits per heavy atom. The number of hydrogen-bond donors (Lipinski definition) is 0. The van der Waals surface area contributed by atoms with Crippen LogP contribution in [-0.2, 0) is 16.3 Å². The molecule has 0 saturated heterocycles. The van der Waals surface area contributed by atoms with Crippen LogP contribution in [0.3, 0.4) is 0 Å². The quantitative estimate of drug-likeness (QED) is 0.294. The first kappa shape index (κ1) is 14.0. The zero-order chi connectivity index (χ0) is 7.11. The Kier molecular flexibility index (Phi) is 14.6. The molecule has 0 aliphatic heterocycles. The molecule has 10 heavy (non-hydrogen) atoms. The Morgan fingerprint density at radius 3 is 2.50 bits per heavy atom. The molecule has 0 rings (SSSR count). The zero-order valence-electron chi connectivity index (χ0n) is 6.50. The van der Waals surface area contributed by atoms with E-state index in [0.29, 0.717) is 6.61 Å². The summed E-state index contributed by atoms with van der Waals surface area (Å²) in [4.78, 5) is 10.1. The van der Waals surface area contributed by atoms with Crippen molar-refractivity contribution < 1.29 is 39.0 Å². The minimum Gasteiger partial charge on any atom is -0.592 e. The van der Waals surface area contributed by atoms with Crippen molar-refractivity contribution >= 4 is 19.0 Å². The third kappa shape index (κ3) is 12.1. The first-order chi connectivity index (χ1) is 4.27. The second-order valence-electron chi connectivity index (χ2n) is 1.76. The van der Waals surface area contributed by atoms with Crippen molar-refractivity contribution in [2.75, 3.05) is 6.61 Å². The number of unbranched alkanes of at least 4 members (excludes halogenated alkanes) is 2. The van der Waals surface area contributed by atoms with E-state index in [2.05, 4.69) is 23.3 Å². The van der Waals surface area contributed by atoms with E-state index in [4.69, 9.17) is 0 Å². The maximum absolute atomic E-state index is 10.1. The van der Waals surface area contributed by atoms with Gasteiger partial charge in [-0.3, -0.25) is 0 Å². The van der Waals surface area contributed by atoms with Crippen LogP contribution < -0.4 is 34.5 Å². The molecule has 0 heterocycles. The second kappa shape index (κ2) is 10.4. The van der Waals surface area contributed by atoms with Crippen LogP contribution in [0.1, 0.15) is 26.2 Å². The molecule has 0 aromatic rings. The van der Waals surface area contributed by atoms with Crippen molar-refractivity contribution in [2.45, 2.75) is 26.2 Å². The molecule has 0 spiro atoms. The van der Waals surface area contributed by atoms with Gasteiger partial charge in [0.1, 0.15) is 6.61 Å². The summed E-state index contributed by atoms with van der Waals surface area (Å²) in [7, 11) is -1.78. The summed E-state index contributed by atoms with van der Waals surface area (Å²) < 4.78 is 4.67. The van der Waals surface area contributed by atoms with Gasteiger partial charge in [-0.25, -0.2) is 0 Å². The minimum atomic E-state index is -1.78. The average Bonchev–Trinajstić information content (AvgIpc) is 1.80. The number of hydrogen-bond acceptors (Lipinski definition) is 3. The monoisotopic (exact) mass is 189 g/mol. The van der Waals surface area contributed by atoms with Gasteiger partial charge in [-0.15, -0.1) is 0 Å². The van der Waals surface area contributed by atoms with Crippen LogP contribution in [0.5, 0.6) is 0 Å². The molecule has 0 aromatic carbocycles. The fourth-order valence-electron chi connectivity index (χ4n) is 0.491. The summed E-state index contributed by atoms with van der Waals surface area (Å²) in [6.45, 7) is 2.65. The van der Waals surface area contributed by atoms with Crippen LogP contribution in [0.2, 0.25) is 0 Å². The molecule has 0 bridgehead atoms. The predicted molar refractivity (Wildman–Crippen MR) is 39.8 cm³/mol. The molecule has 1 unspecified atom stereocenters. The second-order valence-corrected chi connectivity index (χ2v) is 3.36. The summed E-state index contributed by atoms with van der Waals surface area (Å²) in [6, 6.07) is 0. The van der Waals surface area contributed by atoms with Crippen molar-refractivity contribution in [3.63, 3.8) is 0 Å².